The third-order valence-electron chi connectivity index (χ3n) is 8.95. The number of nitrogens with one attached hydrogen (secondary N) is 1. The predicted octanol–water partition coefficient (Wildman–Crippen LogP) is 5.87. The fourth-order valence-electron chi connectivity index (χ4n) is 7.38. The fourth-order valence-corrected chi connectivity index (χ4v) is 7.38. The number of rotatable bonds is 7. The monoisotopic (exact) mass is 549 g/mol. The molecule has 3 aliphatic rings. The average Bonchev–Trinajstić information content (AvgIpc) is 3.65. The summed E-state index contributed by atoms with van der Waals surface area (Å²) >= 11 is 0. The van der Waals surface area contributed by atoms with Gasteiger partial charge in [-0.3, -0.25) is 19.8 Å². The Hall–Kier alpha value is -4.43. The van der Waals surface area contributed by atoms with Crippen LogP contribution < -0.4 is 14.8 Å². The number of nitro groups is 1. The van der Waals surface area contributed by atoms with Gasteiger partial charge in [0.1, 0.15) is 6.61 Å². The highest BCUT2D eigenvalue weighted by Gasteiger charge is 2.73. The van der Waals surface area contributed by atoms with E-state index in [9.17, 15) is 14.9 Å². The molecule has 2 fully saturated rings. The topological polar surface area (TPSA) is 93.9 Å². The van der Waals surface area contributed by atoms with E-state index in [1.165, 1.54) is 5.39 Å². The minimum Gasteiger partial charge on any atom is -0.490 e. The van der Waals surface area contributed by atoms with Gasteiger partial charge in [0.15, 0.2) is 17.0 Å². The van der Waals surface area contributed by atoms with Crippen LogP contribution in [0.25, 0.3) is 10.8 Å². The largest absolute Gasteiger partial charge is 0.490 e. The van der Waals surface area contributed by atoms with E-state index in [4.69, 9.17) is 9.47 Å². The molecule has 0 radical (unpaired) electrons. The molecule has 8 heteroatoms. The second-order valence-corrected chi connectivity index (χ2v) is 11.0. The molecule has 0 saturated carbocycles. The van der Waals surface area contributed by atoms with Crippen LogP contribution >= 0.6 is 0 Å². The van der Waals surface area contributed by atoms with Crippen molar-refractivity contribution in [2.45, 2.75) is 49.9 Å². The molecule has 0 aromatic heterocycles. The second kappa shape index (κ2) is 9.89. The number of nitrogens with zero attached hydrogens (tertiary/aromatic N) is 2. The second-order valence-electron chi connectivity index (χ2n) is 11.0. The quantitative estimate of drug-likeness (QED) is 0.229. The molecule has 1 amide bonds. The van der Waals surface area contributed by atoms with E-state index in [-0.39, 0.29) is 16.9 Å². The summed E-state index contributed by atoms with van der Waals surface area (Å²) in [7, 11) is 0. The molecule has 1 N–H and O–H groups in total. The molecule has 0 bridgehead atoms. The van der Waals surface area contributed by atoms with E-state index in [0.717, 1.165) is 29.4 Å². The average molecular weight is 550 g/mol. The minimum atomic E-state index is -1.34. The Morgan fingerprint density at radius 1 is 0.976 bits per heavy atom. The van der Waals surface area contributed by atoms with Crippen molar-refractivity contribution in [3.05, 3.63) is 112 Å². The maximum absolute atomic E-state index is 13.7. The highest BCUT2D eigenvalue weighted by Crippen LogP contribution is 2.58. The van der Waals surface area contributed by atoms with Crippen molar-refractivity contribution in [3.8, 4) is 11.5 Å². The number of hydrogen-bond acceptors (Lipinski definition) is 6. The van der Waals surface area contributed by atoms with Crippen LogP contribution in [0.2, 0.25) is 0 Å². The lowest BCUT2D eigenvalue weighted by Crippen LogP contribution is -2.55. The molecule has 8 nitrogen and oxygen atoms in total. The summed E-state index contributed by atoms with van der Waals surface area (Å²) in [5, 5.41) is 18.2. The van der Waals surface area contributed by atoms with Crippen molar-refractivity contribution in [3.63, 3.8) is 0 Å². The van der Waals surface area contributed by atoms with E-state index in [1.807, 2.05) is 61.5 Å². The summed E-state index contributed by atoms with van der Waals surface area (Å²) in [6, 6.07) is 26.2. The highest BCUT2D eigenvalue weighted by atomic mass is 16.6. The predicted molar refractivity (Wildman–Crippen MR) is 156 cm³/mol. The van der Waals surface area contributed by atoms with Crippen molar-refractivity contribution in [2.24, 2.45) is 0 Å². The molecule has 1 spiro atoms. The SMILES string of the molecule is CCOc1cc([C@@H]2[C@@H]3CCCN3[C@@]3(C(=O)Nc4ccccc43)[C@@H]2[N+](=O)[O-])ccc1OCc1ccc2ccccc2c1. The van der Waals surface area contributed by atoms with Gasteiger partial charge in [-0.25, -0.2) is 0 Å². The lowest BCUT2D eigenvalue weighted by atomic mass is 9.77. The first-order chi connectivity index (χ1) is 20.0. The number of carbonyl (C=O) groups excluding carboxylic acids is 1. The first kappa shape index (κ1) is 25.5. The normalized spacial score (nSPS) is 24.8. The number of para-hydroxylation sites is 1. The molecule has 4 atom stereocenters. The number of fused-ring (bicyclic) bond motifs is 5. The smallest absolute Gasteiger partial charge is 0.256 e. The number of hydrogen-bond donors (Lipinski definition) is 1. The van der Waals surface area contributed by atoms with Crippen molar-refractivity contribution in [2.75, 3.05) is 18.5 Å². The lowest BCUT2D eigenvalue weighted by molar-refractivity contribution is -0.534. The van der Waals surface area contributed by atoms with Gasteiger partial charge in [0.2, 0.25) is 0 Å². The van der Waals surface area contributed by atoms with Crippen LogP contribution in [0.4, 0.5) is 5.69 Å². The Bertz CT molecular complexity index is 1670. The van der Waals surface area contributed by atoms with E-state index < -0.39 is 17.5 Å². The van der Waals surface area contributed by atoms with Crippen LogP contribution in [0.5, 0.6) is 11.5 Å². The van der Waals surface area contributed by atoms with Gasteiger partial charge in [0.05, 0.1) is 12.5 Å². The van der Waals surface area contributed by atoms with Gasteiger partial charge >= 0.3 is 0 Å². The van der Waals surface area contributed by atoms with Gasteiger partial charge in [0.25, 0.3) is 11.9 Å². The molecule has 3 heterocycles. The highest BCUT2D eigenvalue weighted by molar-refractivity contribution is 6.07. The van der Waals surface area contributed by atoms with E-state index in [1.54, 1.807) is 0 Å². The van der Waals surface area contributed by atoms with Crippen molar-refractivity contribution in [1.29, 1.82) is 0 Å². The number of ether oxygens (including phenoxy) is 2. The van der Waals surface area contributed by atoms with Gasteiger partial charge < -0.3 is 14.8 Å². The number of benzene rings is 4. The Morgan fingerprint density at radius 3 is 2.61 bits per heavy atom. The van der Waals surface area contributed by atoms with Crippen LogP contribution in [0, 0.1) is 10.1 Å². The van der Waals surface area contributed by atoms with Gasteiger partial charge in [-0.15, -0.1) is 0 Å². The van der Waals surface area contributed by atoms with Gasteiger partial charge in [-0.1, -0.05) is 60.7 Å². The minimum absolute atomic E-state index is 0.138. The Morgan fingerprint density at radius 2 is 1.78 bits per heavy atom. The van der Waals surface area contributed by atoms with Crippen LogP contribution in [0.1, 0.15) is 42.4 Å². The van der Waals surface area contributed by atoms with Gasteiger partial charge in [-0.05, 0) is 65.9 Å². The summed E-state index contributed by atoms with van der Waals surface area (Å²) in [5.41, 5.74) is 1.83. The molecule has 41 heavy (non-hydrogen) atoms. The first-order valence-electron chi connectivity index (χ1n) is 14.2. The van der Waals surface area contributed by atoms with Crippen LogP contribution in [-0.4, -0.2) is 41.0 Å². The summed E-state index contributed by atoms with van der Waals surface area (Å²) in [6.07, 6.45) is 1.67. The summed E-state index contributed by atoms with van der Waals surface area (Å²) in [5.74, 6) is 0.337. The number of anilines is 1. The Labute approximate surface area is 238 Å². The van der Waals surface area contributed by atoms with Gasteiger partial charge in [0, 0.05) is 28.8 Å². The maximum atomic E-state index is 13.7. The Balaban J connectivity index is 1.25. The Kier molecular flexibility index (Phi) is 6.16. The van der Waals surface area contributed by atoms with E-state index >= 15 is 0 Å². The molecular weight excluding hydrogens is 518 g/mol. The number of carbonyl (C=O) groups is 1. The van der Waals surface area contributed by atoms with E-state index in [2.05, 4.69) is 40.5 Å². The molecule has 208 valence electrons. The fraction of sp³-hybridized carbons (Fsp3) is 0.303. The van der Waals surface area contributed by atoms with Crippen molar-refractivity contribution < 1.29 is 19.2 Å². The van der Waals surface area contributed by atoms with Gasteiger partial charge in [-0.2, -0.15) is 0 Å². The molecule has 4 aromatic rings. The molecule has 3 aliphatic heterocycles. The summed E-state index contributed by atoms with van der Waals surface area (Å²) in [4.78, 5) is 28.5. The number of amides is 1. The standard InChI is InChI=1S/C33H31N3O5/c1-2-40-29-19-24(15-16-28(29)41-20-21-13-14-22-8-3-4-9-23(22)18-21)30-27-12-7-17-35(27)33(31(30)36(38)39)25-10-5-6-11-26(25)34-32(33)37/h3-6,8-11,13-16,18-19,27,30-31H,2,7,12,17,20H2,1H3,(H,34,37)/t27-,30+,31+,33+/m0/s1. The zero-order chi connectivity index (χ0) is 28.1. The summed E-state index contributed by atoms with van der Waals surface area (Å²) in [6.45, 7) is 3.33. The van der Waals surface area contributed by atoms with Crippen LogP contribution in [0.15, 0.2) is 84.9 Å². The first-order valence-corrected chi connectivity index (χ1v) is 14.2. The molecule has 0 aliphatic carbocycles. The maximum Gasteiger partial charge on any atom is 0.256 e. The zero-order valence-electron chi connectivity index (χ0n) is 22.8. The van der Waals surface area contributed by atoms with E-state index in [0.29, 0.717) is 42.5 Å². The van der Waals surface area contributed by atoms with Crippen LogP contribution in [0.3, 0.4) is 0 Å². The molecule has 2 saturated heterocycles. The van der Waals surface area contributed by atoms with Crippen molar-refractivity contribution >= 4 is 22.4 Å². The zero-order valence-corrected chi connectivity index (χ0v) is 22.8. The molecule has 4 aromatic carbocycles. The third-order valence-corrected chi connectivity index (χ3v) is 8.95. The molecular formula is C33H31N3O5. The third kappa shape index (κ3) is 3.89. The molecule has 7 rings (SSSR count). The van der Waals surface area contributed by atoms with Crippen molar-refractivity contribution in [1.82, 2.24) is 4.90 Å². The van der Waals surface area contributed by atoms with Crippen LogP contribution in [-0.2, 0) is 16.9 Å². The lowest BCUT2D eigenvalue weighted by Gasteiger charge is -2.32. The molecule has 0 unspecified atom stereocenters. The summed E-state index contributed by atoms with van der Waals surface area (Å²) < 4.78 is 12.2.